The normalized spacial score (nSPS) is 15.0. The van der Waals surface area contributed by atoms with E-state index in [9.17, 15) is 26.3 Å². The van der Waals surface area contributed by atoms with Crippen LogP contribution in [-0.2, 0) is 6.18 Å². The zero-order valence-corrected chi connectivity index (χ0v) is 13.3. The predicted octanol–water partition coefficient (Wildman–Crippen LogP) is 5.65. The molecule has 0 radical (unpaired) electrons. The highest BCUT2D eigenvalue weighted by Crippen LogP contribution is 2.38. The first-order valence-electron chi connectivity index (χ1n) is 6.40. The van der Waals surface area contributed by atoms with E-state index in [1.54, 1.807) is 20.8 Å². The summed E-state index contributed by atoms with van der Waals surface area (Å²) in [5, 5.41) is 0. The van der Waals surface area contributed by atoms with Gasteiger partial charge < -0.3 is 0 Å². The molecule has 1 aromatic rings. The zero-order valence-electron chi connectivity index (χ0n) is 12.5. The minimum Gasteiger partial charge on any atom is -0.248 e. The summed E-state index contributed by atoms with van der Waals surface area (Å²) in [4.78, 5) is 0. The SMILES string of the molecule is Cc1cc(C(NSC(C)(C)C)C(F)(F)F)ccc1C(F)(F)F. The van der Waals surface area contributed by atoms with Crippen molar-refractivity contribution in [2.45, 2.75) is 50.8 Å². The minimum atomic E-state index is -4.61. The van der Waals surface area contributed by atoms with Crippen molar-refractivity contribution in [3.05, 3.63) is 34.9 Å². The summed E-state index contributed by atoms with van der Waals surface area (Å²) in [6.07, 6.45) is -9.19. The molecule has 1 rings (SSSR count). The monoisotopic (exact) mass is 345 g/mol. The summed E-state index contributed by atoms with van der Waals surface area (Å²) >= 11 is 0.887. The van der Waals surface area contributed by atoms with Crippen LogP contribution in [0, 0.1) is 6.92 Å². The largest absolute Gasteiger partial charge is 0.416 e. The van der Waals surface area contributed by atoms with Crippen LogP contribution in [-0.4, -0.2) is 10.9 Å². The Balaban J connectivity index is 3.14. The second-order valence-corrected chi connectivity index (χ2v) is 7.54. The lowest BCUT2D eigenvalue weighted by Crippen LogP contribution is -2.33. The first-order chi connectivity index (χ1) is 9.72. The van der Waals surface area contributed by atoms with Crippen LogP contribution >= 0.6 is 11.9 Å². The Kier molecular flexibility index (Phi) is 5.50. The fourth-order valence-electron chi connectivity index (χ4n) is 1.74. The fraction of sp³-hybridized carbons (Fsp3) is 0.571. The lowest BCUT2D eigenvalue weighted by Gasteiger charge is -2.26. The summed E-state index contributed by atoms with van der Waals surface area (Å²) in [5.41, 5.74) is -1.41. The van der Waals surface area contributed by atoms with E-state index in [1.165, 1.54) is 0 Å². The number of hydrogen-bond donors (Lipinski definition) is 1. The van der Waals surface area contributed by atoms with Crippen molar-refractivity contribution in [1.29, 1.82) is 0 Å². The third-order valence-electron chi connectivity index (χ3n) is 2.70. The molecule has 0 aliphatic heterocycles. The molecule has 8 heteroatoms. The van der Waals surface area contributed by atoms with E-state index in [2.05, 4.69) is 4.72 Å². The van der Waals surface area contributed by atoms with Gasteiger partial charge in [-0.2, -0.15) is 26.3 Å². The van der Waals surface area contributed by atoms with Crippen LogP contribution in [0.3, 0.4) is 0 Å². The van der Waals surface area contributed by atoms with Crippen LogP contribution in [0.25, 0.3) is 0 Å². The van der Waals surface area contributed by atoms with Crippen LogP contribution in [0.15, 0.2) is 18.2 Å². The molecule has 1 N–H and O–H groups in total. The zero-order chi connectivity index (χ0) is 17.3. The van der Waals surface area contributed by atoms with Crippen LogP contribution in [0.4, 0.5) is 26.3 Å². The average molecular weight is 345 g/mol. The van der Waals surface area contributed by atoms with Gasteiger partial charge in [-0.3, -0.25) is 0 Å². The Hall–Kier alpha value is -0.890. The van der Waals surface area contributed by atoms with Gasteiger partial charge in [0.2, 0.25) is 0 Å². The molecule has 0 fully saturated rings. The molecule has 0 amide bonds. The molecule has 0 aliphatic carbocycles. The molecule has 126 valence electrons. The van der Waals surface area contributed by atoms with Crippen LogP contribution in [0.5, 0.6) is 0 Å². The third-order valence-corrected chi connectivity index (χ3v) is 3.67. The van der Waals surface area contributed by atoms with E-state index >= 15 is 0 Å². The van der Waals surface area contributed by atoms with Crippen LogP contribution in [0.2, 0.25) is 0 Å². The number of alkyl halides is 6. The molecular formula is C14H17F6NS. The highest BCUT2D eigenvalue weighted by molar-refractivity contribution is 7.98. The Labute approximate surface area is 129 Å². The van der Waals surface area contributed by atoms with E-state index in [0.717, 1.165) is 31.0 Å². The van der Waals surface area contributed by atoms with Gasteiger partial charge in [-0.1, -0.05) is 24.1 Å². The number of benzene rings is 1. The van der Waals surface area contributed by atoms with Gasteiger partial charge in [0.15, 0.2) is 0 Å². The molecule has 1 nitrogen and oxygen atoms in total. The highest BCUT2D eigenvalue weighted by atomic mass is 32.2. The standard InChI is InChI=1S/C14H17F6NS/c1-8-7-9(5-6-10(8)13(15,16)17)11(14(18,19)20)21-22-12(2,3)4/h5-7,11,21H,1-4H3. The second-order valence-electron chi connectivity index (χ2n) is 5.88. The number of nitrogens with one attached hydrogen (secondary N) is 1. The maximum absolute atomic E-state index is 13.1. The molecule has 1 aromatic carbocycles. The fourth-order valence-corrected chi connectivity index (χ4v) is 2.49. The Morgan fingerprint density at radius 3 is 1.91 bits per heavy atom. The lowest BCUT2D eigenvalue weighted by molar-refractivity contribution is -0.152. The van der Waals surface area contributed by atoms with Gasteiger partial charge in [-0.25, -0.2) is 4.72 Å². The van der Waals surface area contributed by atoms with Gasteiger partial charge in [-0.05, 0) is 44.9 Å². The van der Waals surface area contributed by atoms with Crippen molar-refractivity contribution < 1.29 is 26.3 Å². The molecule has 0 aromatic heterocycles. The molecule has 0 bridgehead atoms. The van der Waals surface area contributed by atoms with Crippen LogP contribution in [0.1, 0.15) is 43.5 Å². The minimum absolute atomic E-state index is 0.234. The van der Waals surface area contributed by atoms with E-state index in [0.29, 0.717) is 6.07 Å². The number of aryl methyl sites for hydroxylation is 1. The van der Waals surface area contributed by atoms with E-state index in [1.807, 2.05) is 0 Å². The molecule has 0 saturated heterocycles. The molecule has 1 unspecified atom stereocenters. The quantitative estimate of drug-likeness (QED) is 0.561. The number of hydrogen-bond acceptors (Lipinski definition) is 2. The van der Waals surface area contributed by atoms with Crippen LogP contribution < -0.4 is 4.72 Å². The number of halogens is 6. The molecule has 0 spiro atoms. The summed E-state index contributed by atoms with van der Waals surface area (Å²) < 4.78 is 79.3. The molecular weight excluding hydrogens is 328 g/mol. The van der Waals surface area contributed by atoms with Crippen molar-refractivity contribution in [2.24, 2.45) is 0 Å². The van der Waals surface area contributed by atoms with Crippen molar-refractivity contribution in [3.63, 3.8) is 0 Å². The van der Waals surface area contributed by atoms with Gasteiger partial charge in [0.1, 0.15) is 6.04 Å². The maximum Gasteiger partial charge on any atom is 0.416 e. The Bertz CT molecular complexity index is 516. The smallest absolute Gasteiger partial charge is 0.248 e. The molecule has 0 aliphatic rings. The van der Waals surface area contributed by atoms with E-state index in [-0.39, 0.29) is 11.1 Å². The van der Waals surface area contributed by atoms with Crippen molar-refractivity contribution in [1.82, 2.24) is 4.72 Å². The summed E-state index contributed by atoms with van der Waals surface area (Å²) in [5.74, 6) is 0. The van der Waals surface area contributed by atoms with Gasteiger partial charge in [0.25, 0.3) is 0 Å². The molecule has 0 heterocycles. The van der Waals surface area contributed by atoms with Crippen molar-refractivity contribution in [3.8, 4) is 0 Å². The molecule has 0 saturated carbocycles. The Morgan fingerprint density at radius 1 is 1.00 bits per heavy atom. The molecule has 22 heavy (non-hydrogen) atoms. The Morgan fingerprint density at radius 2 is 1.55 bits per heavy atom. The first-order valence-corrected chi connectivity index (χ1v) is 7.21. The van der Waals surface area contributed by atoms with E-state index in [4.69, 9.17) is 0 Å². The summed E-state index contributed by atoms with van der Waals surface area (Å²) in [6.45, 7) is 6.35. The third kappa shape index (κ3) is 5.39. The number of rotatable bonds is 3. The van der Waals surface area contributed by atoms with Gasteiger partial charge in [0, 0.05) is 4.75 Å². The summed E-state index contributed by atoms with van der Waals surface area (Å²) in [6, 6.07) is 0.450. The van der Waals surface area contributed by atoms with Crippen molar-refractivity contribution in [2.75, 3.05) is 0 Å². The highest BCUT2D eigenvalue weighted by Gasteiger charge is 2.42. The van der Waals surface area contributed by atoms with Crippen molar-refractivity contribution >= 4 is 11.9 Å². The first kappa shape index (κ1) is 19.2. The predicted molar refractivity (Wildman–Crippen MR) is 75.5 cm³/mol. The van der Waals surface area contributed by atoms with E-state index < -0.39 is 28.7 Å². The van der Waals surface area contributed by atoms with Gasteiger partial charge >= 0.3 is 12.4 Å². The maximum atomic E-state index is 13.1. The topological polar surface area (TPSA) is 12.0 Å². The second kappa shape index (κ2) is 6.31. The summed E-state index contributed by atoms with van der Waals surface area (Å²) in [7, 11) is 0. The average Bonchev–Trinajstić information content (AvgIpc) is 2.23. The lowest BCUT2D eigenvalue weighted by atomic mass is 10.0. The molecule has 1 atom stereocenters. The van der Waals surface area contributed by atoms with Gasteiger partial charge in [0.05, 0.1) is 5.56 Å². The van der Waals surface area contributed by atoms with Gasteiger partial charge in [-0.15, -0.1) is 0 Å².